The molecule has 0 aliphatic rings. The van der Waals surface area contributed by atoms with Crippen molar-refractivity contribution in [3.63, 3.8) is 0 Å². The van der Waals surface area contributed by atoms with Crippen LogP contribution in [0, 0.1) is 5.92 Å². The van der Waals surface area contributed by atoms with Gasteiger partial charge >= 0.3 is 0 Å². The third kappa shape index (κ3) is 3.02. The molecule has 0 fully saturated rings. The predicted octanol–water partition coefficient (Wildman–Crippen LogP) is 0.760. The number of carbonyl (C=O) groups excluding carboxylic acids is 1. The van der Waals surface area contributed by atoms with E-state index in [4.69, 9.17) is 11.5 Å². The van der Waals surface area contributed by atoms with Crippen molar-refractivity contribution in [1.29, 1.82) is 0 Å². The van der Waals surface area contributed by atoms with Crippen LogP contribution in [0.2, 0.25) is 0 Å². The molecule has 1 aromatic heterocycles. The molecular weight excluding hydrogens is 190 g/mol. The van der Waals surface area contributed by atoms with Gasteiger partial charge in [0.15, 0.2) is 0 Å². The number of hydrogen-bond donors (Lipinski definition) is 2. The molecule has 0 saturated carbocycles. The molecule has 15 heavy (non-hydrogen) atoms. The molecule has 0 aromatic carbocycles. The minimum atomic E-state index is -0.0652. The number of aromatic nitrogens is 1. The lowest BCUT2D eigenvalue weighted by Gasteiger charge is -2.11. The van der Waals surface area contributed by atoms with Crippen molar-refractivity contribution in [2.45, 2.75) is 19.8 Å². The van der Waals surface area contributed by atoms with Crippen LogP contribution in [0.15, 0.2) is 18.5 Å². The van der Waals surface area contributed by atoms with Crippen LogP contribution >= 0.6 is 0 Å². The Morgan fingerprint density at radius 1 is 1.60 bits per heavy atom. The van der Waals surface area contributed by atoms with Crippen molar-refractivity contribution >= 4 is 11.5 Å². The van der Waals surface area contributed by atoms with Gasteiger partial charge in [0.1, 0.15) is 5.78 Å². The maximum absolute atomic E-state index is 11.8. The zero-order chi connectivity index (χ0) is 11.3. The lowest BCUT2D eigenvalue weighted by atomic mass is 9.96. The van der Waals surface area contributed by atoms with Gasteiger partial charge in [-0.05, 0) is 12.5 Å². The molecular formula is C11H17N3O. The number of nitrogen functional groups attached to an aromatic ring is 1. The van der Waals surface area contributed by atoms with E-state index in [1.807, 2.05) is 6.92 Å². The van der Waals surface area contributed by atoms with E-state index in [0.29, 0.717) is 18.7 Å². The Kier molecular flexibility index (Phi) is 4.24. The van der Waals surface area contributed by atoms with Gasteiger partial charge < -0.3 is 11.5 Å². The summed E-state index contributed by atoms with van der Waals surface area (Å²) in [6.45, 7) is 2.36. The van der Waals surface area contributed by atoms with Crippen molar-refractivity contribution in [3.05, 3.63) is 24.0 Å². The second-order valence-electron chi connectivity index (χ2n) is 3.56. The fourth-order valence-corrected chi connectivity index (χ4v) is 1.44. The molecule has 1 atom stereocenters. The van der Waals surface area contributed by atoms with Gasteiger partial charge in [-0.1, -0.05) is 6.92 Å². The number of hydrogen-bond acceptors (Lipinski definition) is 4. The Morgan fingerprint density at radius 3 is 2.87 bits per heavy atom. The molecule has 0 saturated heterocycles. The van der Waals surface area contributed by atoms with Gasteiger partial charge in [0, 0.05) is 42.5 Å². The molecule has 82 valence electrons. The smallest absolute Gasteiger partial charge is 0.141 e. The van der Waals surface area contributed by atoms with Gasteiger partial charge in [0.25, 0.3) is 0 Å². The standard InChI is InChI=1S/C11H17N3O/c1-2-8(6-12)11(15)5-9-7-14-4-3-10(9)13/h3-4,7-8H,2,5-6,12H2,1H3,(H2,13,14). The third-order valence-corrected chi connectivity index (χ3v) is 2.54. The van der Waals surface area contributed by atoms with Gasteiger partial charge in [0.2, 0.25) is 0 Å². The Labute approximate surface area is 89.7 Å². The molecule has 4 heteroatoms. The summed E-state index contributed by atoms with van der Waals surface area (Å²) in [5.74, 6) is 0.0734. The van der Waals surface area contributed by atoms with Crippen LogP contribution in [0.3, 0.4) is 0 Å². The first kappa shape index (κ1) is 11.7. The number of nitrogens with zero attached hydrogens (tertiary/aromatic N) is 1. The number of pyridine rings is 1. The lowest BCUT2D eigenvalue weighted by Crippen LogP contribution is -2.24. The Balaban J connectivity index is 2.70. The number of anilines is 1. The molecule has 4 N–H and O–H groups in total. The van der Waals surface area contributed by atoms with Crippen molar-refractivity contribution in [1.82, 2.24) is 4.98 Å². The minimum Gasteiger partial charge on any atom is -0.398 e. The molecule has 1 unspecified atom stereocenters. The van der Waals surface area contributed by atoms with Gasteiger partial charge in [-0.15, -0.1) is 0 Å². The average molecular weight is 207 g/mol. The molecule has 0 amide bonds. The molecule has 1 heterocycles. The molecule has 0 aliphatic carbocycles. The maximum Gasteiger partial charge on any atom is 0.141 e. The topological polar surface area (TPSA) is 82.0 Å². The van der Waals surface area contributed by atoms with Gasteiger partial charge in [-0.3, -0.25) is 9.78 Å². The van der Waals surface area contributed by atoms with Crippen molar-refractivity contribution in [2.24, 2.45) is 11.7 Å². The summed E-state index contributed by atoms with van der Waals surface area (Å²) in [4.78, 5) is 15.7. The van der Waals surface area contributed by atoms with E-state index < -0.39 is 0 Å². The van der Waals surface area contributed by atoms with Crippen molar-refractivity contribution in [3.8, 4) is 0 Å². The Morgan fingerprint density at radius 2 is 2.33 bits per heavy atom. The number of ketones is 1. The molecule has 0 bridgehead atoms. The van der Waals surface area contributed by atoms with E-state index in [0.717, 1.165) is 12.0 Å². The summed E-state index contributed by atoms with van der Waals surface area (Å²) in [6, 6.07) is 1.70. The van der Waals surface area contributed by atoms with Crippen LogP contribution in [0.4, 0.5) is 5.69 Å². The highest BCUT2D eigenvalue weighted by molar-refractivity contribution is 5.84. The first-order valence-corrected chi connectivity index (χ1v) is 5.10. The molecule has 0 spiro atoms. The van der Waals surface area contributed by atoms with Crippen molar-refractivity contribution < 1.29 is 4.79 Å². The lowest BCUT2D eigenvalue weighted by molar-refractivity contribution is -0.122. The average Bonchev–Trinajstić information content (AvgIpc) is 2.23. The number of Topliss-reactive ketones (excluding diaryl/α,β-unsaturated/α-hetero) is 1. The zero-order valence-corrected chi connectivity index (χ0v) is 8.94. The zero-order valence-electron chi connectivity index (χ0n) is 8.94. The largest absolute Gasteiger partial charge is 0.398 e. The summed E-state index contributed by atoms with van der Waals surface area (Å²) in [5.41, 5.74) is 12.6. The van der Waals surface area contributed by atoms with Crippen LogP contribution in [-0.4, -0.2) is 17.3 Å². The van der Waals surface area contributed by atoms with Crippen LogP contribution in [0.5, 0.6) is 0 Å². The maximum atomic E-state index is 11.8. The molecule has 1 aromatic rings. The van der Waals surface area contributed by atoms with E-state index in [1.165, 1.54) is 0 Å². The monoisotopic (exact) mass is 207 g/mol. The summed E-state index contributed by atoms with van der Waals surface area (Å²) in [7, 11) is 0. The third-order valence-electron chi connectivity index (χ3n) is 2.54. The van der Waals surface area contributed by atoms with Crippen LogP contribution in [-0.2, 0) is 11.2 Å². The molecule has 4 nitrogen and oxygen atoms in total. The normalized spacial score (nSPS) is 12.4. The summed E-state index contributed by atoms with van der Waals surface area (Å²) in [6.07, 6.45) is 4.35. The highest BCUT2D eigenvalue weighted by Crippen LogP contribution is 2.13. The van der Waals surface area contributed by atoms with E-state index in [-0.39, 0.29) is 11.7 Å². The fraction of sp³-hybridized carbons (Fsp3) is 0.455. The predicted molar refractivity (Wildman–Crippen MR) is 60.2 cm³/mol. The second kappa shape index (κ2) is 5.46. The number of carbonyl (C=O) groups is 1. The first-order valence-electron chi connectivity index (χ1n) is 5.10. The quantitative estimate of drug-likeness (QED) is 0.746. The Bertz CT molecular complexity index is 334. The van der Waals surface area contributed by atoms with E-state index in [1.54, 1.807) is 18.5 Å². The van der Waals surface area contributed by atoms with Crippen LogP contribution in [0.1, 0.15) is 18.9 Å². The SMILES string of the molecule is CCC(CN)C(=O)Cc1cnccc1N. The van der Waals surface area contributed by atoms with Gasteiger partial charge in [0.05, 0.1) is 0 Å². The summed E-state index contributed by atoms with van der Waals surface area (Å²) in [5, 5.41) is 0. The van der Waals surface area contributed by atoms with E-state index in [2.05, 4.69) is 4.98 Å². The fourth-order valence-electron chi connectivity index (χ4n) is 1.44. The van der Waals surface area contributed by atoms with E-state index >= 15 is 0 Å². The molecule has 1 rings (SSSR count). The van der Waals surface area contributed by atoms with Crippen LogP contribution in [0.25, 0.3) is 0 Å². The second-order valence-corrected chi connectivity index (χ2v) is 3.56. The van der Waals surface area contributed by atoms with Crippen LogP contribution < -0.4 is 11.5 Å². The Hall–Kier alpha value is -1.42. The summed E-state index contributed by atoms with van der Waals surface area (Å²) < 4.78 is 0. The molecule has 0 radical (unpaired) electrons. The highest BCUT2D eigenvalue weighted by Gasteiger charge is 2.15. The molecule has 0 aliphatic heterocycles. The number of rotatable bonds is 5. The minimum absolute atomic E-state index is 0.0652. The van der Waals surface area contributed by atoms with Gasteiger partial charge in [-0.2, -0.15) is 0 Å². The van der Waals surface area contributed by atoms with E-state index in [9.17, 15) is 4.79 Å². The number of nitrogens with two attached hydrogens (primary N) is 2. The van der Waals surface area contributed by atoms with Gasteiger partial charge in [-0.25, -0.2) is 0 Å². The highest BCUT2D eigenvalue weighted by atomic mass is 16.1. The first-order chi connectivity index (χ1) is 7.19. The van der Waals surface area contributed by atoms with Crippen molar-refractivity contribution in [2.75, 3.05) is 12.3 Å². The summed E-state index contributed by atoms with van der Waals surface area (Å²) >= 11 is 0.